The molecular formula is C18H25NO3. The van der Waals surface area contributed by atoms with Gasteiger partial charge < -0.3 is 10.2 Å². The minimum Gasteiger partial charge on any atom is -0.478 e. The van der Waals surface area contributed by atoms with E-state index in [0.29, 0.717) is 11.0 Å². The molecule has 0 aromatic heterocycles. The average molecular weight is 303 g/mol. The molecule has 0 bridgehead atoms. The van der Waals surface area contributed by atoms with E-state index in [1.54, 1.807) is 12.1 Å². The molecule has 1 saturated heterocycles. The van der Waals surface area contributed by atoms with Crippen LogP contribution in [0.25, 0.3) is 0 Å². The fraction of sp³-hybridized carbons (Fsp3) is 0.611. The lowest BCUT2D eigenvalue weighted by Crippen LogP contribution is -2.42. The van der Waals surface area contributed by atoms with Crippen LogP contribution in [0.1, 0.15) is 54.4 Å². The minimum atomic E-state index is -0.861. The van der Waals surface area contributed by atoms with Gasteiger partial charge in [-0.25, -0.2) is 4.79 Å². The zero-order chi connectivity index (χ0) is 15.6. The summed E-state index contributed by atoms with van der Waals surface area (Å²) in [6, 6.07) is 7.26. The number of aliphatic hydroxyl groups excluding tert-OH is 1. The monoisotopic (exact) mass is 303 g/mol. The molecule has 1 saturated carbocycles. The molecule has 1 aliphatic carbocycles. The van der Waals surface area contributed by atoms with Gasteiger partial charge in [0, 0.05) is 6.54 Å². The molecule has 22 heavy (non-hydrogen) atoms. The number of aromatic carboxylic acids is 1. The molecule has 1 heterocycles. The van der Waals surface area contributed by atoms with Gasteiger partial charge in [0.15, 0.2) is 0 Å². The summed E-state index contributed by atoms with van der Waals surface area (Å²) >= 11 is 0. The van der Waals surface area contributed by atoms with Gasteiger partial charge in [-0.1, -0.05) is 12.1 Å². The molecule has 1 aliphatic heterocycles. The van der Waals surface area contributed by atoms with Crippen molar-refractivity contribution >= 4 is 5.97 Å². The predicted molar refractivity (Wildman–Crippen MR) is 84.8 cm³/mol. The van der Waals surface area contributed by atoms with E-state index in [1.807, 2.05) is 12.1 Å². The van der Waals surface area contributed by atoms with Crippen LogP contribution in [0.5, 0.6) is 0 Å². The Hall–Kier alpha value is -1.39. The highest BCUT2D eigenvalue weighted by Gasteiger charge is 2.37. The second kappa shape index (κ2) is 6.39. The number of carbonyl (C=O) groups is 1. The fourth-order valence-corrected chi connectivity index (χ4v) is 3.96. The van der Waals surface area contributed by atoms with Crippen molar-refractivity contribution in [2.24, 2.45) is 5.41 Å². The Kier molecular flexibility index (Phi) is 4.50. The molecule has 0 amide bonds. The summed E-state index contributed by atoms with van der Waals surface area (Å²) in [5.41, 5.74) is 1.90. The summed E-state index contributed by atoms with van der Waals surface area (Å²) in [7, 11) is 0. The number of nitrogens with zero attached hydrogens (tertiary/aromatic N) is 1. The smallest absolute Gasteiger partial charge is 0.335 e. The Balaban J connectivity index is 1.56. The van der Waals surface area contributed by atoms with E-state index in [-0.39, 0.29) is 6.10 Å². The standard InChI is InChI=1S/C18H25NO3/c20-16-4-6-18(7-5-16)8-10-19(11-9-18)13-14-2-1-3-15(12-14)17(21)22/h1-3,12,16,20H,4-11,13H2,(H,21,22). The molecule has 4 nitrogen and oxygen atoms in total. The first-order valence-corrected chi connectivity index (χ1v) is 8.29. The van der Waals surface area contributed by atoms with Gasteiger partial charge in [0.25, 0.3) is 0 Å². The van der Waals surface area contributed by atoms with E-state index in [2.05, 4.69) is 4.90 Å². The van der Waals surface area contributed by atoms with E-state index in [4.69, 9.17) is 5.11 Å². The number of carboxylic acids is 1. The van der Waals surface area contributed by atoms with Crippen LogP contribution in [-0.2, 0) is 6.54 Å². The Morgan fingerprint density at radius 2 is 1.86 bits per heavy atom. The maximum Gasteiger partial charge on any atom is 0.335 e. The lowest BCUT2D eigenvalue weighted by atomic mass is 9.67. The largest absolute Gasteiger partial charge is 0.478 e. The number of hydrogen-bond donors (Lipinski definition) is 2. The fourth-order valence-electron chi connectivity index (χ4n) is 3.96. The van der Waals surface area contributed by atoms with Crippen molar-refractivity contribution in [3.63, 3.8) is 0 Å². The Bertz CT molecular complexity index is 525. The first-order chi connectivity index (χ1) is 10.6. The quantitative estimate of drug-likeness (QED) is 0.901. The van der Waals surface area contributed by atoms with E-state index in [0.717, 1.165) is 50.9 Å². The summed E-state index contributed by atoms with van der Waals surface area (Å²) in [6.07, 6.45) is 6.58. The molecule has 0 radical (unpaired) electrons. The highest BCUT2D eigenvalue weighted by Crippen LogP contribution is 2.44. The molecule has 1 aromatic rings. The van der Waals surface area contributed by atoms with E-state index >= 15 is 0 Å². The van der Waals surface area contributed by atoms with E-state index < -0.39 is 5.97 Å². The number of aliphatic hydroxyl groups is 1. The van der Waals surface area contributed by atoms with Crippen LogP contribution < -0.4 is 0 Å². The van der Waals surface area contributed by atoms with Crippen molar-refractivity contribution in [1.29, 1.82) is 0 Å². The summed E-state index contributed by atoms with van der Waals surface area (Å²) in [4.78, 5) is 13.5. The van der Waals surface area contributed by atoms with Gasteiger partial charge in [-0.15, -0.1) is 0 Å². The molecule has 2 fully saturated rings. The van der Waals surface area contributed by atoms with Gasteiger partial charge in [-0.05, 0) is 74.7 Å². The van der Waals surface area contributed by atoms with Gasteiger partial charge in [0.1, 0.15) is 0 Å². The number of benzene rings is 1. The zero-order valence-corrected chi connectivity index (χ0v) is 13.0. The molecule has 120 valence electrons. The number of piperidine rings is 1. The van der Waals surface area contributed by atoms with Crippen LogP contribution >= 0.6 is 0 Å². The van der Waals surface area contributed by atoms with Crippen LogP contribution in [0, 0.1) is 5.41 Å². The molecule has 3 rings (SSSR count). The minimum absolute atomic E-state index is 0.0811. The second-order valence-corrected chi connectivity index (χ2v) is 7.01. The SMILES string of the molecule is O=C(O)c1cccc(CN2CCC3(CCC(O)CC3)CC2)c1. The molecule has 0 unspecified atom stereocenters. The first kappa shape index (κ1) is 15.5. The number of rotatable bonds is 3. The molecule has 4 heteroatoms. The molecule has 1 aromatic carbocycles. The topological polar surface area (TPSA) is 60.8 Å². The second-order valence-electron chi connectivity index (χ2n) is 7.01. The molecule has 2 N–H and O–H groups in total. The third kappa shape index (κ3) is 3.50. The normalized spacial score (nSPS) is 22.8. The van der Waals surface area contributed by atoms with Gasteiger partial charge in [0.2, 0.25) is 0 Å². The Morgan fingerprint density at radius 1 is 1.18 bits per heavy atom. The van der Waals surface area contributed by atoms with E-state index in [9.17, 15) is 9.90 Å². The van der Waals surface area contributed by atoms with Crippen molar-refractivity contribution in [2.75, 3.05) is 13.1 Å². The third-order valence-electron chi connectivity index (χ3n) is 5.51. The van der Waals surface area contributed by atoms with Crippen LogP contribution in [0.15, 0.2) is 24.3 Å². The van der Waals surface area contributed by atoms with Gasteiger partial charge in [-0.2, -0.15) is 0 Å². The summed E-state index contributed by atoms with van der Waals surface area (Å²) in [5, 5.41) is 18.8. The van der Waals surface area contributed by atoms with Gasteiger partial charge in [0.05, 0.1) is 11.7 Å². The molecular weight excluding hydrogens is 278 g/mol. The number of hydrogen-bond acceptors (Lipinski definition) is 3. The molecule has 1 spiro atoms. The predicted octanol–water partition coefficient (Wildman–Crippen LogP) is 2.90. The van der Waals surface area contributed by atoms with Crippen molar-refractivity contribution in [1.82, 2.24) is 4.90 Å². The van der Waals surface area contributed by atoms with Crippen molar-refractivity contribution in [3.8, 4) is 0 Å². The van der Waals surface area contributed by atoms with Gasteiger partial charge >= 0.3 is 5.97 Å². The van der Waals surface area contributed by atoms with Crippen LogP contribution in [0.2, 0.25) is 0 Å². The van der Waals surface area contributed by atoms with Crippen LogP contribution in [0.4, 0.5) is 0 Å². The van der Waals surface area contributed by atoms with Gasteiger partial charge in [-0.3, -0.25) is 4.90 Å². The van der Waals surface area contributed by atoms with Crippen molar-refractivity contribution < 1.29 is 15.0 Å². The molecule has 0 atom stereocenters. The highest BCUT2D eigenvalue weighted by atomic mass is 16.4. The average Bonchev–Trinajstić information content (AvgIpc) is 2.53. The van der Waals surface area contributed by atoms with Crippen molar-refractivity contribution in [3.05, 3.63) is 35.4 Å². The highest BCUT2D eigenvalue weighted by molar-refractivity contribution is 5.87. The molecule has 2 aliphatic rings. The Morgan fingerprint density at radius 3 is 2.50 bits per heavy atom. The Labute approximate surface area is 131 Å². The lowest BCUT2D eigenvalue weighted by Gasteiger charge is -2.45. The third-order valence-corrected chi connectivity index (χ3v) is 5.51. The summed E-state index contributed by atoms with van der Waals surface area (Å²) in [5.74, 6) is -0.861. The maximum absolute atomic E-state index is 11.0. The lowest BCUT2D eigenvalue weighted by molar-refractivity contribution is 0.0155. The zero-order valence-electron chi connectivity index (χ0n) is 13.0. The first-order valence-electron chi connectivity index (χ1n) is 8.29. The maximum atomic E-state index is 11.0. The van der Waals surface area contributed by atoms with Crippen molar-refractivity contribution in [2.45, 2.75) is 51.2 Å². The summed E-state index contributed by atoms with van der Waals surface area (Å²) < 4.78 is 0. The van der Waals surface area contributed by atoms with Crippen LogP contribution in [0.3, 0.4) is 0 Å². The van der Waals surface area contributed by atoms with E-state index in [1.165, 1.54) is 12.8 Å². The number of carboxylic acid groups (broad SMARTS) is 1. The summed E-state index contributed by atoms with van der Waals surface area (Å²) in [6.45, 7) is 2.99. The van der Waals surface area contributed by atoms with Crippen LogP contribution in [-0.4, -0.2) is 40.3 Å². The number of likely N-dealkylation sites (tertiary alicyclic amines) is 1.